The van der Waals surface area contributed by atoms with Crippen LogP contribution in [-0.4, -0.2) is 45.4 Å². The van der Waals surface area contributed by atoms with E-state index >= 15 is 0 Å². The number of nitrogens with zero attached hydrogens (tertiary/aromatic N) is 5. The van der Waals surface area contributed by atoms with E-state index in [0.29, 0.717) is 33.8 Å². The van der Waals surface area contributed by atoms with E-state index in [9.17, 15) is 15.2 Å². The predicted octanol–water partition coefficient (Wildman–Crippen LogP) is 4.07. The summed E-state index contributed by atoms with van der Waals surface area (Å²) < 4.78 is 6.65. The number of hydrogen-bond donors (Lipinski definition) is 2. The zero-order valence-electron chi connectivity index (χ0n) is 18.8. The molecule has 2 aromatic rings. The highest BCUT2D eigenvalue weighted by molar-refractivity contribution is 5.96. The molecule has 9 nitrogen and oxygen atoms in total. The number of allylic oxidation sites excluding steroid dienone is 2. The molecule has 1 aromatic carbocycles. The van der Waals surface area contributed by atoms with Crippen molar-refractivity contribution in [3.8, 4) is 6.07 Å². The van der Waals surface area contributed by atoms with Crippen molar-refractivity contribution < 1.29 is 14.6 Å². The average Bonchev–Trinajstić information content (AvgIpc) is 3.08. The highest BCUT2D eigenvalue weighted by atomic mass is 16.6. The fourth-order valence-electron chi connectivity index (χ4n) is 3.76. The van der Waals surface area contributed by atoms with Crippen molar-refractivity contribution in [1.82, 2.24) is 9.78 Å². The van der Waals surface area contributed by atoms with Crippen molar-refractivity contribution in [3.05, 3.63) is 46.6 Å². The van der Waals surface area contributed by atoms with Crippen molar-refractivity contribution in [2.75, 3.05) is 18.5 Å². The second kappa shape index (κ2) is 8.81. The number of ether oxygens (including phenoxy) is 1. The van der Waals surface area contributed by atoms with Crippen LogP contribution in [0.3, 0.4) is 0 Å². The number of nitriles is 1. The maximum Gasteiger partial charge on any atom is 0.435 e. The Morgan fingerprint density at radius 2 is 2.12 bits per heavy atom. The number of nitrogens with one attached hydrogen (secondary N) is 1. The van der Waals surface area contributed by atoms with Gasteiger partial charge < -0.3 is 15.2 Å². The van der Waals surface area contributed by atoms with Crippen LogP contribution < -0.4 is 5.32 Å². The number of carbonyl (C=O) groups is 1. The van der Waals surface area contributed by atoms with Crippen molar-refractivity contribution in [2.45, 2.75) is 46.1 Å². The van der Waals surface area contributed by atoms with Crippen molar-refractivity contribution in [2.24, 2.45) is 10.9 Å². The SMILES string of the molecule is [C-]#[N+]C1=C(C)N=C(C)C(C#N)C1c1ccc2c(c1)c(NCCO)nn2C(=O)OC(C)(C)C. The zero-order chi connectivity index (χ0) is 23.6. The highest BCUT2D eigenvalue weighted by Gasteiger charge is 2.35. The molecule has 0 saturated heterocycles. The average molecular weight is 435 g/mol. The van der Waals surface area contributed by atoms with Gasteiger partial charge in [0.25, 0.3) is 0 Å². The van der Waals surface area contributed by atoms with Gasteiger partial charge in [-0.05, 0) is 52.3 Å². The fourth-order valence-corrected chi connectivity index (χ4v) is 3.76. The Kier molecular flexibility index (Phi) is 6.33. The largest absolute Gasteiger partial charge is 0.442 e. The van der Waals surface area contributed by atoms with Crippen molar-refractivity contribution >= 4 is 28.5 Å². The summed E-state index contributed by atoms with van der Waals surface area (Å²) in [4.78, 5) is 20.8. The molecule has 1 aliphatic rings. The predicted molar refractivity (Wildman–Crippen MR) is 121 cm³/mol. The number of carbonyl (C=O) groups excluding carboxylic acids is 1. The molecule has 3 rings (SSSR count). The van der Waals surface area contributed by atoms with E-state index in [2.05, 4.69) is 26.3 Å². The van der Waals surface area contributed by atoms with E-state index in [-0.39, 0.29) is 13.2 Å². The van der Waals surface area contributed by atoms with Gasteiger partial charge in [0.05, 0.1) is 30.7 Å². The number of aliphatic imine (C=N–C) groups is 1. The Labute approximate surface area is 186 Å². The van der Waals surface area contributed by atoms with E-state index in [1.54, 1.807) is 46.8 Å². The van der Waals surface area contributed by atoms with E-state index in [1.165, 1.54) is 4.68 Å². The van der Waals surface area contributed by atoms with Gasteiger partial charge in [0.1, 0.15) is 5.60 Å². The molecule has 9 heteroatoms. The molecule has 1 aromatic heterocycles. The Morgan fingerprint density at radius 3 is 2.72 bits per heavy atom. The minimum Gasteiger partial charge on any atom is -0.442 e. The zero-order valence-corrected chi connectivity index (χ0v) is 18.8. The summed E-state index contributed by atoms with van der Waals surface area (Å²) in [5, 5.41) is 27.0. The Hall–Kier alpha value is -3.69. The van der Waals surface area contributed by atoms with Crippen LogP contribution in [0.15, 0.2) is 34.6 Å². The molecule has 0 saturated carbocycles. The Bertz CT molecular complexity index is 1200. The van der Waals surface area contributed by atoms with Crippen molar-refractivity contribution in [1.29, 1.82) is 5.26 Å². The molecule has 2 N–H and O–H groups in total. The topological polar surface area (TPSA) is 117 Å². The molecule has 2 heterocycles. The maximum absolute atomic E-state index is 12.7. The van der Waals surface area contributed by atoms with E-state index in [4.69, 9.17) is 11.3 Å². The lowest BCUT2D eigenvalue weighted by atomic mass is 9.79. The summed E-state index contributed by atoms with van der Waals surface area (Å²) in [7, 11) is 0. The lowest BCUT2D eigenvalue weighted by Gasteiger charge is -2.26. The third-order valence-electron chi connectivity index (χ3n) is 5.09. The van der Waals surface area contributed by atoms with E-state index < -0.39 is 23.5 Å². The van der Waals surface area contributed by atoms with Crippen LogP contribution in [0.4, 0.5) is 10.6 Å². The van der Waals surface area contributed by atoms with Gasteiger partial charge in [0.2, 0.25) is 0 Å². The molecular weight excluding hydrogens is 408 g/mol. The van der Waals surface area contributed by atoms with Gasteiger partial charge in [-0.15, -0.1) is 5.10 Å². The van der Waals surface area contributed by atoms with Crippen LogP contribution >= 0.6 is 0 Å². The molecule has 1 aliphatic heterocycles. The fraction of sp³-hybridized carbons (Fsp3) is 0.435. The van der Waals surface area contributed by atoms with Crippen LogP contribution in [0.5, 0.6) is 0 Å². The van der Waals surface area contributed by atoms with Crippen molar-refractivity contribution in [3.63, 3.8) is 0 Å². The summed E-state index contributed by atoms with van der Waals surface area (Å²) in [5.74, 6) is -0.647. The van der Waals surface area contributed by atoms with Crippen LogP contribution in [-0.2, 0) is 4.74 Å². The maximum atomic E-state index is 12.7. The second-order valence-corrected chi connectivity index (χ2v) is 8.59. The minimum absolute atomic E-state index is 0.112. The smallest absolute Gasteiger partial charge is 0.435 e. The molecule has 0 fully saturated rings. The van der Waals surface area contributed by atoms with Crippen LogP contribution in [0.25, 0.3) is 15.7 Å². The van der Waals surface area contributed by atoms with Crippen LogP contribution in [0, 0.1) is 23.8 Å². The number of aromatic nitrogens is 2. The second-order valence-electron chi connectivity index (χ2n) is 8.59. The first kappa shape index (κ1) is 23.0. The van der Waals surface area contributed by atoms with Gasteiger partial charge in [-0.3, -0.25) is 4.99 Å². The normalized spacial score (nSPS) is 18.7. The monoisotopic (exact) mass is 434 g/mol. The number of benzene rings is 1. The number of fused-ring (bicyclic) bond motifs is 1. The first-order valence-electron chi connectivity index (χ1n) is 10.2. The van der Waals surface area contributed by atoms with Gasteiger partial charge in [-0.2, -0.15) is 9.94 Å². The minimum atomic E-state index is -0.695. The summed E-state index contributed by atoms with van der Waals surface area (Å²) in [6.45, 7) is 16.7. The summed E-state index contributed by atoms with van der Waals surface area (Å²) in [6, 6.07) is 7.64. The summed E-state index contributed by atoms with van der Waals surface area (Å²) in [5.41, 5.74) is 2.25. The number of anilines is 1. The van der Waals surface area contributed by atoms with E-state index in [0.717, 1.165) is 5.56 Å². The molecule has 2 unspecified atom stereocenters. The van der Waals surface area contributed by atoms with Crippen LogP contribution in [0.2, 0.25) is 0 Å². The molecule has 0 bridgehead atoms. The molecular formula is C23H26N6O3. The first-order chi connectivity index (χ1) is 15.1. The van der Waals surface area contributed by atoms with Gasteiger partial charge in [0.15, 0.2) is 11.5 Å². The number of hydrogen-bond acceptors (Lipinski definition) is 7. The standard InChI is InChI=1S/C23H26N6O3/c1-13-17(12-24)19(20(25-6)14(2)27-13)15-7-8-18-16(11-15)21(26-9-10-30)28-29(18)22(31)32-23(3,4)5/h7-8,11,17,19,30H,9-10H2,1-5H3,(H,26,28). The summed E-state index contributed by atoms with van der Waals surface area (Å²) in [6.07, 6.45) is -0.625. The lowest BCUT2D eigenvalue weighted by Crippen LogP contribution is -2.27. The molecule has 32 heavy (non-hydrogen) atoms. The molecule has 166 valence electrons. The Balaban J connectivity index is 2.17. The first-order valence-corrected chi connectivity index (χ1v) is 10.2. The quantitative estimate of drug-likeness (QED) is 0.701. The number of aliphatic hydroxyl groups excluding tert-OH is 1. The van der Waals surface area contributed by atoms with E-state index in [1.807, 2.05) is 6.07 Å². The third kappa shape index (κ3) is 4.34. The van der Waals surface area contributed by atoms with Gasteiger partial charge in [-0.1, -0.05) is 6.07 Å². The number of rotatable bonds is 4. The molecule has 0 spiro atoms. The highest BCUT2D eigenvalue weighted by Crippen LogP contribution is 2.40. The van der Waals surface area contributed by atoms with Crippen LogP contribution in [0.1, 0.15) is 46.1 Å². The van der Waals surface area contributed by atoms with Gasteiger partial charge in [-0.25, -0.2) is 9.64 Å². The molecule has 0 aliphatic carbocycles. The number of aliphatic hydroxyl groups is 1. The molecule has 0 radical (unpaired) electrons. The third-order valence-corrected chi connectivity index (χ3v) is 5.09. The van der Waals surface area contributed by atoms with Gasteiger partial charge in [0, 0.05) is 29.3 Å². The Morgan fingerprint density at radius 1 is 1.41 bits per heavy atom. The van der Waals surface area contributed by atoms with Gasteiger partial charge >= 0.3 is 6.09 Å². The lowest BCUT2D eigenvalue weighted by molar-refractivity contribution is 0.0523. The molecule has 2 atom stereocenters. The summed E-state index contributed by atoms with van der Waals surface area (Å²) >= 11 is 0. The molecule has 0 amide bonds.